The molecule has 0 radical (unpaired) electrons. The first kappa shape index (κ1) is 35.6. The largest absolute Gasteiger partial charge is 0.355 e. The van der Waals surface area contributed by atoms with Gasteiger partial charge < -0.3 is 10.2 Å². The van der Waals surface area contributed by atoms with Crippen LogP contribution in [0.3, 0.4) is 0 Å². The van der Waals surface area contributed by atoms with E-state index in [0.717, 1.165) is 18.7 Å². The topological polar surface area (TPSA) is 15.3 Å². The summed E-state index contributed by atoms with van der Waals surface area (Å²) in [6.07, 6.45) is 2.40. The second kappa shape index (κ2) is 12.9. The van der Waals surface area contributed by atoms with E-state index >= 15 is 0 Å². The Morgan fingerprint density at radius 2 is 1.12 bits per heavy atom. The highest BCUT2D eigenvalue weighted by atomic mass is 15.2. The molecule has 0 aromatic heterocycles. The molecule has 7 aromatic carbocycles. The van der Waals surface area contributed by atoms with Gasteiger partial charge in [0.05, 0.1) is 5.69 Å². The van der Waals surface area contributed by atoms with Crippen LogP contribution in [0.4, 0.5) is 28.4 Å². The van der Waals surface area contributed by atoms with E-state index in [2.05, 4.69) is 204 Å². The van der Waals surface area contributed by atoms with Gasteiger partial charge in [-0.3, -0.25) is 0 Å². The lowest BCUT2D eigenvalue weighted by atomic mass is 9.55. The SMILES string of the molecule is Cc1cc(-c2ccc(-c3ccccc3)cc2Nc2ccc(-c3ccccc3)cc2)c2c(c1)N1c3cc4c(cc3C(C)(C)c3cccc(c31)B2)C(C)(C)CCC4(C)C. The minimum absolute atomic E-state index is 0.112. The number of anilines is 5. The standard InChI is InChI=1S/C54H51BN2/c1-34-29-41(40-26-23-38(36-17-12-9-13-18-36)31-47(40)56-39-24-21-37(22-25-39)35-15-10-8-11-16-35)50-49(30-34)57-48-33-44-43(52(2,3)27-28-53(44,4)5)32-45(48)54(6,7)42-19-14-20-46(55-50)51(42)57/h8-26,29-33,55-56H,27-28H2,1-7H3. The summed E-state index contributed by atoms with van der Waals surface area (Å²) in [6.45, 7) is 17.0. The van der Waals surface area contributed by atoms with Gasteiger partial charge in [0.15, 0.2) is 7.28 Å². The van der Waals surface area contributed by atoms with Crippen LogP contribution in [0.1, 0.15) is 82.2 Å². The molecule has 0 unspecified atom stereocenters. The lowest BCUT2D eigenvalue weighted by Gasteiger charge is -2.49. The molecule has 3 aliphatic rings. The molecule has 0 saturated heterocycles. The average Bonchev–Trinajstić information content (AvgIpc) is 3.21. The number of hydrogen-bond donors (Lipinski definition) is 1. The lowest BCUT2D eigenvalue weighted by Crippen LogP contribution is -2.46. The second-order valence-electron chi connectivity index (χ2n) is 18.6. The smallest absolute Gasteiger partial charge is 0.198 e. The maximum Gasteiger partial charge on any atom is 0.198 e. The Labute approximate surface area is 339 Å². The molecule has 0 spiro atoms. The zero-order valence-electron chi connectivity index (χ0n) is 34.4. The number of para-hydroxylation sites is 1. The summed E-state index contributed by atoms with van der Waals surface area (Å²) in [5, 5.41) is 3.91. The molecule has 0 saturated carbocycles. The molecule has 57 heavy (non-hydrogen) atoms. The third-order valence-corrected chi connectivity index (χ3v) is 13.6. The molecule has 7 aromatic rings. The van der Waals surface area contributed by atoms with Gasteiger partial charge >= 0.3 is 0 Å². The number of benzene rings is 7. The highest BCUT2D eigenvalue weighted by molar-refractivity contribution is 6.73. The van der Waals surface area contributed by atoms with Gasteiger partial charge in [0.1, 0.15) is 0 Å². The predicted octanol–water partition coefficient (Wildman–Crippen LogP) is 12.9. The van der Waals surface area contributed by atoms with Crippen LogP contribution >= 0.6 is 0 Å². The summed E-state index contributed by atoms with van der Waals surface area (Å²) in [5.41, 5.74) is 23.6. The third-order valence-electron chi connectivity index (χ3n) is 13.6. The van der Waals surface area contributed by atoms with Crippen LogP contribution in [-0.4, -0.2) is 7.28 Å². The Morgan fingerprint density at radius 3 is 1.81 bits per heavy atom. The van der Waals surface area contributed by atoms with E-state index in [4.69, 9.17) is 0 Å². The van der Waals surface area contributed by atoms with Crippen molar-refractivity contribution >= 4 is 46.6 Å². The van der Waals surface area contributed by atoms with Crippen molar-refractivity contribution in [3.63, 3.8) is 0 Å². The first-order chi connectivity index (χ1) is 27.4. The van der Waals surface area contributed by atoms with Crippen LogP contribution in [0.2, 0.25) is 0 Å². The molecule has 0 atom stereocenters. The second-order valence-corrected chi connectivity index (χ2v) is 18.6. The molecular weight excluding hydrogens is 687 g/mol. The van der Waals surface area contributed by atoms with E-state index < -0.39 is 0 Å². The number of nitrogens with zero attached hydrogens (tertiary/aromatic N) is 1. The average molecular weight is 739 g/mol. The van der Waals surface area contributed by atoms with Crippen LogP contribution in [0.5, 0.6) is 0 Å². The van der Waals surface area contributed by atoms with Crippen molar-refractivity contribution in [2.75, 3.05) is 10.2 Å². The van der Waals surface area contributed by atoms with Gasteiger partial charge in [-0.25, -0.2) is 0 Å². The van der Waals surface area contributed by atoms with Crippen LogP contribution in [0.25, 0.3) is 33.4 Å². The molecule has 3 heteroatoms. The van der Waals surface area contributed by atoms with Crippen molar-refractivity contribution in [1.29, 1.82) is 0 Å². The normalized spacial score (nSPS) is 16.4. The number of rotatable bonds is 5. The van der Waals surface area contributed by atoms with Crippen LogP contribution in [0, 0.1) is 6.92 Å². The van der Waals surface area contributed by atoms with Crippen LogP contribution < -0.4 is 21.1 Å². The summed E-state index contributed by atoms with van der Waals surface area (Å²) in [7, 11) is 0.880. The molecule has 2 nitrogen and oxygen atoms in total. The van der Waals surface area contributed by atoms with Gasteiger partial charge in [0.25, 0.3) is 0 Å². The maximum atomic E-state index is 3.91. The molecule has 1 aliphatic carbocycles. The minimum Gasteiger partial charge on any atom is -0.355 e. The number of aryl methyl sites for hydroxylation is 1. The lowest BCUT2D eigenvalue weighted by molar-refractivity contribution is 0.331. The van der Waals surface area contributed by atoms with Crippen molar-refractivity contribution in [3.8, 4) is 33.4 Å². The first-order valence-electron chi connectivity index (χ1n) is 20.8. The molecule has 1 N–H and O–H groups in total. The molecule has 10 rings (SSSR count). The number of hydrogen-bond acceptors (Lipinski definition) is 2. The van der Waals surface area contributed by atoms with E-state index in [9.17, 15) is 0 Å². The molecule has 0 fully saturated rings. The summed E-state index contributed by atoms with van der Waals surface area (Å²) < 4.78 is 0. The van der Waals surface area contributed by atoms with Crippen LogP contribution in [-0.2, 0) is 16.2 Å². The third kappa shape index (κ3) is 5.77. The number of fused-ring (bicyclic) bond motifs is 5. The van der Waals surface area contributed by atoms with Crippen molar-refractivity contribution in [1.82, 2.24) is 0 Å². The molecule has 280 valence electrons. The molecular formula is C54H51BN2. The number of nitrogens with one attached hydrogen (secondary N) is 1. The summed E-state index contributed by atoms with van der Waals surface area (Å²) in [6, 6.07) is 54.3. The van der Waals surface area contributed by atoms with E-state index in [1.54, 1.807) is 0 Å². The summed E-state index contributed by atoms with van der Waals surface area (Å²) >= 11 is 0. The Morgan fingerprint density at radius 1 is 0.509 bits per heavy atom. The molecule has 0 bridgehead atoms. The van der Waals surface area contributed by atoms with Gasteiger partial charge in [0.2, 0.25) is 0 Å². The zero-order valence-corrected chi connectivity index (χ0v) is 34.4. The quantitative estimate of drug-likeness (QED) is 0.177. The summed E-state index contributed by atoms with van der Waals surface area (Å²) in [5.74, 6) is 0. The maximum absolute atomic E-state index is 3.91. The van der Waals surface area contributed by atoms with E-state index in [1.807, 2.05) is 0 Å². The van der Waals surface area contributed by atoms with Gasteiger partial charge in [0, 0.05) is 33.7 Å². The molecule has 2 heterocycles. The van der Waals surface area contributed by atoms with Crippen molar-refractivity contribution in [3.05, 3.63) is 173 Å². The molecule has 0 amide bonds. The van der Waals surface area contributed by atoms with E-state index in [-0.39, 0.29) is 16.2 Å². The van der Waals surface area contributed by atoms with Gasteiger partial charge in [-0.15, -0.1) is 0 Å². The van der Waals surface area contributed by atoms with Gasteiger partial charge in [-0.05, 0) is 122 Å². The monoisotopic (exact) mass is 738 g/mol. The Bertz CT molecular complexity index is 2710. The minimum atomic E-state index is -0.131. The Balaban J connectivity index is 1.17. The summed E-state index contributed by atoms with van der Waals surface area (Å²) in [4.78, 5) is 2.66. The van der Waals surface area contributed by atoms with Crippen molar-refractivity contribution in [2.24, 2.45) is 0 Å². The van der Waals surface area contributed by atoms with E-state index in [1.165, 1.54) is 102 Å². The van der Waals surface area contributed by atoms with Crippen molar-refractivity contribution in [2.45, 2.75) is 77.6 Å². The van der Waals surface area contributed by atoms with Gasteiger partial charge in [-0.2, -0.15) is 0 Å². The predicted molar refractivity (Wildman–Crippen MR) is 246 cm³/mol. The zero-order chi connectivity index (χ0) is 39.3. The highest BCUT2D eigenvalue weighted by Gasteiger charge is 2.45. The fourth-order valence-corrected chi connectivity index (χ4v) is 10.1. The fourth-order valence-electron chi connectivity index (χ4n) is 10.1. The highest BCUT2D eigenvalue weighted by Crippen LogP contribution is 2.56. The fraction of sp³-hybridized carbons (Fsp3) is 0.222. The first-order valence-corrected chi connectivity index (χ1v) is 20.8. The Kier molecular flexibility index (Phi) is 8.04. The Hall–Kier alpha value is -5.80. The van der Waals surface area contributed by atoms with Crippen molar-refractivity contribution < 1.29 is 0 Å². The molecule has 2 aliphatic heterocycles. The van der Waals surface area contributed by atoms with E-state index in [0.29, 0.717) is 0 Å². The van der Waals surface area contributed by atoms with Crippen LogP contribution in [0.15, 0.2) is 146 Å². The van der Waals surface area contributed by atoms with Gasteiger partial charge in [-0.1, -0.05) is 162 Å².